The van der Waals surface area contributed by atoms with Crippen LogP contribution in [0.1, 0.15) is 12.8 Å². The van der Waals surface area contributed by atoms with Gasteiger partial charge in [-0.3, -0.25) is 4.79 Å². The predicted octanol–water partition coefficient (Wildman–Crippen LogP) is 2.34. The number of benzene rings is 1. The van der Waals surface area contributed by atoms with E-state index in [9.17, 15) is 4.79 Å². The van der Waals surface area contributed by atoms with Crippen LogP contribution >= 0.6 is 24.8 Å². The van der Waals surface area contributed by atoms with E-state index < -0.39 is 0 Å². The number of oxazole rings is 1. The van der Waals surface area contributed by atoms with Gasteiger partial charge in [0.2, 0.25) is 5.91 Å². The molecule has 1 N–H and O–H groups in total. The van der Waals surface area contributed by atoms with Crippen LogP contribution in [0.5, 0.6) is 0 Å². The van der Waals surface area contributed by atoms with Crippen LogP contribution < -0.4 is 10.2 Å². The van der Waals surface area contributed by atoms with Crippen molar-refractivity contribution in [1.82, 2.24) is 15.2 Å². The molecule has 0 bridgehead atoms. The Morgan fingerprint density at radius 1 is 1.18 bits per heavy atom. The number of anilines is 1. The third-order valence-electron chi connectivity index (χ3n) is 5.55. The zero-order valence-electron chi connectivity index (χ0n) is 16.1. The SMILES string of the molecule is COCC1(C(=O)N2CCN(c3nc4ccccc4o3)CC2)CCNCC1.Cl.Cl. The molecular formula is C19H28Cl2N4O3. The number of fused-ring (bicyclic) bond motifs is 1. The number of carbonyl (C=O) groups excluding carboxylic acids is 1. The van der Waals surface area contributed by atoms with Gasteiger partial charge in [-0.1, -0.05) is 12.1 Å². The summed E-state index contributed by atoms with van der Waals surface area (Å²) in [5.74, 6) is 0.234. The standard InChI is InChI=1S/C19H26N4O3.2ClH/c1-25-14-19(6-8-20-9-7-19)17(24)22-10-12-23(13-11-22)18-21-15-4-2-3-5-16(15)26-18;;/h2-5,20H,6-14H2,1H3;2*1H. The molecule has 0 aliphatic carbocycles. The first kappa shape index (κ1) is 22.7. The van der Waals surface area contributed by atoms with Gasteiger partial charge in [0.05, 0.1) is 12.0 Å². The first-order valence-electron chi connectivity index (χ1n) is 9.31. The molecule has 0 saturated carbocycles. The fourth-order valence-corrected chi connectivity index (χ4v) is 4.03. The molecule has 28 heavy (non-hydrogen) atoms. The molecule has 3 heterocycles. The maximum atomic E-state index is 13.2. The number of nitrogens with one attached hydrogen (secondary N) is 1. The second-order valence-corrected chi connectivity index (χ2v) is 7.21. The normalized spacial score (nSPS) is 19.0. The maximum Gasteiger partial charge on any atom is 0.298 e. The summed E-state index contributed by atoms with van der Waals surface area (Å²) in [6, 6.07) is 8.43. The van der Waals surface area contributed by atoms with E-state index in [1.807, 2.05) is 29.2 Å². The Morgan fingerprint density at radius 2 is 1.86 bits per heavy atom. The smallest absolute Gasteiger partial charge is 0.298 e. The number of para-hydroxylation sites is 2. The number of hydrogen-bond acceptors (Lipinski definition) is 6. The Labute approximate surface area is 177 Å². The van der Waals surface area contributed by atoms with Crippen LogP contribution in [-0.4, -0.2) is 68.8 Å². The number of rotatable bonds is 4. The summed E-state index contributed by atoms with van der Waals surface area (Å²) in [5.41, 5.74) is 1.30. The van der Waals surface area contributed by atoms with Crippen molar-refractivity contribution in [3.63, 3.8) is 0 Å². The first-order chi connectivity index (χ1) is 12.7. The summed E-state index contributed by atoms with van der Waals surface area (Å²) in [6.45, 7) is 5.10. The highest BCUT2D eigenvalue weighted by molar-refractivity contribution is 5.85. The first-order valence-corrected chi connectivity index (χ1v) is 9.31. The fourth-order valence-electron chi connectivity index (χ4n) is 4.03. The lowest BCUT2D eigenvalue weighted by atomic mass is 9.78. The second-order valence-electron chi connectivity index (χ2n) is 7.21. The van der Waals surface area contributed by atoms with Crippen LogP contribution in [0.25, 0.3) is 11.1 Å². The Hall–Kier alpha value is -1.54. The van der Waals surface area contributed by atoms with Crippen molar-refractivity contribution in [2.45, 2.75) is 12.8 Å². The molecule has 9 heteroatoms. The van der Waals surface area contributed by atoms with Gasteiger partial charge in [-0.15, -0.1) is 24.8 Å². The molecule has 1 aromatic heterocycles. The molecule has 0 spiro atoms. The molecule has 2 fully saturated rings. The van der Waals surface area contributed by atoms with Gasteiger partial charge in [-0.2, -0.15) is 4.98 Å². The highest BCUT2D eigenvalue weighted by atomic mass is 35.5. The van der Waals surface area contributed by atoms with Gasteiger partial charge in [0.1, 0.15) is 5.52 Å². The molecule has 1 amide bonds. The number of piperazine rings is 1. The van der Waals surface area contributed by atoms with Crippen molar-refractivity contribution in [1.29, 1.82) is 0 Å². The monoisotopic (exact) mass is 430 g/mol. The van der Waals surface area contributed by atoms with Crippen LogP contribution in [0.15, 0.2) is 28.7 Å². The third kappa shape index (κ3) is 4.38. The number of ether oxygens (including phenoxy) is 1. The minimum atomic E-state index is -0.375. The summed E-state index contributed by atoms with van der Waals surface area (Å²) in [5, 5.41) is 3.34. The lowest BCUT2D eigenvalue weighted by molar-refractivity contribution is -0.148. The molecule has 7 nitrogen and oxygen atoms in total. The average Bonchev–Trinajstić information content (AvgIpc) is 3.13. The zero-order chi connectivity index (χ0) is 18.0. The van der Waals surface area contributed by atoms with E-state index in [2.05, 4.69) is 15.2 Å². The second kappa shape index (κ2) is 9.78. The minimum Gasteiger partial charge on any atom is -0.423 e. The molecule has 0 unspecified atom stereocenters. The number of hydrogen-bond donors (Lipinski definition) is 1. The highest BCUT2D eigenvalue weighted by Crippen LogP contribution is 2.32. The number of aromatic nitrogens is 1. The molecule has 0 atom stereocenters. The van der Waals surface area contributed by atoms with E-state index in [1.165, 1.54) is 0 Å². The topological polar surface area (TPSA) is 70.8 Å². The molecule has 2 aromatic rings. The quantitative estimate of drug-likeness (QED) is 0.802. The van der Waals surface area contributed by atoms with E-state index in [0.29, 0.717) is 25.7 Å². The molecular weight excluding hydrogens is 403 g/mol. The number of piperidine rings is 1. The Bertz CT molecular complexity index is 733. The molecule has 4 rings (SSSR count). The van der Waals surface area contributed by atoms with Crippen LogP contribution in [0.2, 0.25) is 0 Å². The van der Waals surface area contributed by atoms with Crippen LogP contribution in [0, 0.1) is 5.41 Å². The Morgan fingerprint density at radius 3 is 2.50 bits per heavy atom. The molecule has 1 aromatic carbocycles. The molecule has 0 radical (unpaired) electrons. The van der Waals surface area contributed by atoms with E-state index in [0.717, 1.165) is 50.1 Å². The molecule has 2 aliphatic rings. The van der Waals surface area contributed by atoms with Crippen LogP contribution in [0.4, 0.5) is 6.01 Å². The summed E-state index contributed by atoms with van der Waals surface area (Å²) >= 11 is 0. The largest absolute Gasteiger partial charge is 0.423 e. The molecule has 2 aliphatic heterocycles. The van der Waals surface area contributed by atoms with E-state index >= 15 is 0 Å². The van der Waals surface area contributed by atoms with Crippen molar-refractivity contribution in [3.8, 4) is 0 Å². The lowest BCUT2D eigenvalue weighted by Gasteiger charge is -2.42. The van der Waals surface area contributed by atoms with E-state index in [-0.39, 0.29) is 36.1 Å². The van der Waals surface area contributed by atoms with Crippen molar-refractivity contribution >= 4 is 47.8 Å². The van der Waals surface area contributed by atoms with Gasteiger partial charge >= 0.3 is 0 Å². The fraction of sp³-hybridized carbons (Fsp3) is 0.579. The van der Waals surface area contributed by atoms with Gasteiger partial charge in [0.15, 0.2) is 5.58 Å². The molecule has 2 saturated heterocycles. The van der Waals surface area contributed by atoms with Crippen molar-refractivity contribution < 1.29 is 13.9 Å². The summed E-state index contributed by atoms with van der Waals surface area (Å²) in [7, 11) is 1.68. The molecule has 156 valence electrons. The van der Waals surface area contributed by atoms with Crippen LogP contribution in [0.3, 0.4) is 0 Å². The zero-order valence-corrected chi connectivity index (χ0v) is 17.7. The number of halogens is 2. The predicted molar refractivity (Wildman–Crippen MR) is 114 cm³/mol. The average molecular weight is 431 g/mol. The van der Waals surface area contributed by atoms with Crippen LogP contribution in [-0.2, 0) is 9.53 Å². The Balaban J connectivity index is 0.00000140. The van der Waals surface area contributed by atoms with Crippen molar-refractivity contribution in [3.05, 3.63) is 24.3 Å². The number of carbonyl (C=O) groups is 1. The minimum absolute atomic E-state index is 0. The van der Waals surface area contributed by atoms with Gasteiger partial charge in [-0.25, -0.2) is 0 Å². The maximum absolute atomic E-state index is 13.2. The Kier molecular flexibility index (Phi) is 7.95. The highest BCUT2D eigenvalue weighted by Gasteiger charge is 2.43. The van der Waals surface area contributed by atoms with E-state index in [1.54, 1.807) is 7.11 Å². The number of nitrogens with zero attached hydrogens (tertiary/aromatic N) is 3. The van der Waals surface area contributed by atoms with E-state index in [4.69, 9.17) is 9.15 Å². The lowest BCUT2D eigenvalue weighted by Crippen LogP contribution is -2.56. The van der Waals surface area contributed by atoms with Gasteiger partial charge < -0.3 is 24.3 Å². The number of amides is 1. The summed E-state index contributed by atoms with van der Waals surface area (Å²) in [6.07, 6.45) is 1.68. The van der Waals surface area contributed by atoms with Gasteiger partial charge in [0, 0.05) is 33.3 Å². The summed E-state index contributed by atoms with van der Waals surface area (Å²) < 4.78 is 11.3. The number of methoxy groups -OCH3 is 1. The van der Waals surface area contributed by atoms with Gasteiger partial charge in [0.25, 0.3) is 6.01 Å². The van der Waals surface area contributed by atoms with Gasteiger partial charge in [-0.05, 0) is 38.1 Å². The van der Waals surface area contributed by atoms with Crippen molar-refractivity contribution in [2.75, 3.05) is 57.9 Å². The summed E-state index contributed by atoms with van der Waals surface area (Å²) in [4.78, 5) is 21.9. The third-order valence-corrected chi connectivity index (χ3v) is 5.55. The van der Waals surface area contributed by atoms with Crippen molar-refractivity contribution in [2.24, 2.45) is 5.41 Å².